The van der Waals surface area contributed by atoms with Gasteiger partial charge >= 0.3 is 6.01 Å². The second-order valence-electron chi connectivity index (χ2n) is 12.4. The lowest BCUT2D eigenvalue weighted by molar-refractivity contribution is -0.0731. The Hall–Kier alpha value is -2.00. The Balaban J connectivity index is 1.24. The second-order valence-corrected chi connectivity index (χ2v) is 12.8. The largest absolute Gasteiger partial charge is 0.461 e. The summed E-state index contributed by atoms with van der Waals surface area (Å²) in [4.78, 5) is 14.3. The van der Waals surface area contributed by atoms with Gasteiger partial charge in [-0.2, -0.15) is 9.97 Å². The van der Waals surface area contributed by atoms with Crippen LogP contribution in [-0.2, 0) is 29.8 Å². The average molecular weight is 543 g/mol. The molecule has 204 valence electrons. The quantitative estimate of drug-likeness (QED) is 0.616. The summed E-state index contributed by atoms with van der Waals surface area (Å²) in [6.07, 6.45) is 5.71. The predicted octanol–water partition coefficient (Wildman–Crippen LogP) is 4.35. The van der Waals surface area contributed by atoms with Crippen LogP contribution in [-0.4, -0.2) is 70.1 Å². The van der Waals surface area contributed by atoms with Crippen LogP contribution in [0.15, 0.2) is 18.2 Å². The van der Waals surface area contributed by atoms with Gasteiger partial charge in [-0.1, -0.05) is 23.7 Å². The SMILES string of the molecule is C[C@@]1(O)CCCN(c2nc(OC[C@@]34CCCN3C[C@H](F)C4)nc3c2COC2(CCc4c(Cl)cccc42)C3)C1. The predicted molar refractivity (Wildman–Crippen MR) is 143 cm³/mol. The molecule has 1 aliphatic carbocycles. The average Bonchev–Trinajstić information content (AvgIpc) is 3.53. The second kappa shape index (κ2) is 9.01. The molecule has 1 spiro atoms. The summed E-state index contributed by atoms with van der Waals surface area (Å²) >= 11 is 6.55. The highest BCUT2D eigenvalue weighted by atomic mass is 35.5. The van der Waals surface area contributed by atoms with Crippen LogP contribution in [0.2, 0.25) is 5.02 Å². The van der Waals surface area contributed by atoms with Gasteiger partial charge in [-0.3, -0.25) is 4.90 Å². The van der Waals surface area contributed by atoms with Crippen molar-refractivity contribution in [3.05, 3.63) is 45.6 Å². The Bertz CT molecular complexity index is 1260. The van der Waals surface area contributed by atoms with Crippen LogP contribution >= 0.6 is 11.6 Å². The number of nitrogens with zero attached hydrogens (tertiary/aromatic N) is 4. The van der Waals surface area contributed by atoms with E-state index in [4.69, 9.17) is 31.0 Å². The van der Waals surface area contributed by atoms with E-state index in [-0.39, 0.29) is 5.54 Å². The minimum atomic E-state index is -0.805. The molecule has 38 heavy (non-hydrogen) atoms. The monoisotopic (exact) mass is 542 g/mol. The Morgan fingerprint density at radius 1 is 1.18 bits per heavy atom. The fourth-order valence-electron chi connectivity index (χ4n) is 7.73. The van der Waals surface area contributed by atoms with Crippen LogP contribution in [0.25, 0.3) is 0 Å². The maximum absolute atomic E-state index is 14.4. The zero-order valence-electron chi connectivity index (χ0n) is 22.0. The van der Waals surface area contributed by atoms with Gasteiger partial charge in [0.25, 0.3) is 0 Å². The molecule has 5 aliphatic rings. The lowest BCUT2D eigenvalue weighted by Gasteiger charge is -2.41. The number of hydrogen-bond acceptors (Lipinski definition) is 7. The zero-order valence-corrected chi connectivity index (χ0v) is 22.8. The van der Waals surface area contributed by atoms with Crippen molar-refractivity contribution in [1.29, 1.82) is 0 Å². The fourth-order valence-corrected chi connectivity index (χ4v) is 8.00. The van der Waals surface area contributed by atoms with Crippen molar-refractivity contribution in [2.45, 2.75) is 87.8 Å². The van der Waals surface area contributed by atoms with Crippen molar-refractivity contribution in [3.8, 4) is 6.01 Å². The number of hydrogen-bond donors (Lipinski definition) is 1. The van der Waals surface area contributed by atoms with Crippen LogP contribution < -0.4 is 9.64 Å². The molecule has 1 aromatic heterocycles. The molecule has 4 atom stereocenters. The molecular weight excluding hydrogens is 507 g/mol. The molecule has 3 fully saturated rings. The highest BCUT2D eigenvalue weighted by Crippen LogP contribution is 2.49. The molecule has 0 bridgehead atoms. The summed E-state index contributed by atoms with van der Waals surface area (Å²) in [5.74, 6) is 0.791. The number of ether oxygens (including phenoxy) is 2. The number of fused-ring (bicyclic) bond motifs is 4. The number of benzene rings is 1. The number of aliphatic hydroxyl groups is 1. The van der Waals surface area contributed by atoms with Gasteiger partial charge in [-0.15, -0.1) is 0 Å². The number of alkyl halides is 1. The number of piperidine rings is 1. The van der Waals surface area contributed by atoms with E-state index in [1.807, 2.05) is 19.1 Å². The van der Waals surface area contributed by atoms with Gasteiger partial charge in [0.15, 0.2) is 0 Å². The van der Waals surface area contributed by atoms with Crippen LogP contribution in [0.5, 0.6) is 6.01 Å². The summed E-state index contributed by atoms with van der Waals surface area (Å²) in [7, 11) is 0. The highest BCUT2D eigenvalue weighted by Gasteiger charge is 2.50. The van der Waals surface area contributed by atoms with Crippen molar-refractivity contribution in [2.75, 3.05) is 37.7 Å². The molecule has 0 radical (unpaired) electrons. The molecule has 4 aliphatic heterocycles. The third kappa shape index (κ3) is 4.10. The Kier molecular flexibility index (Phi) is 5.93. The molecule has 2 aromatic rings. The lowest BCUT2D eigenvalue weighted by atomic mass is 9.86. The Morgan fingerprint density at radius 2 is 2.05 bits per heavy atom. The van der Waals surface area contributed by atoms with Crippen molar-refractivity contribution in [2.24, 2.45) is 0 Å². The van der Waals surface area contributed by atoms with Crippen molar-refractivity contribution in [1.82, 2.24) is 14.9 Å². The molecule has 1 N–H and O–H groups in total. The first-order valence-electron chi connectivity index (χ1n) is 14.1. The van der Waals surface area contributed by atoms with E-state index >= 15 is 0 Å². The van der Waals surface area contributed by atoms with E-state index in [1.54, 1.807) is 0 Å². The Labute approximate surface area is 228 Å². The normalized spacial score (nSPS) is 34.4. The van der Waals surface area contributed by atoms with Crippen molar-refractivity contribution in [3.63, 3.8) is 0 Å². The van der Waals surface area contributed by atoms with Gasteiger partial charge in [0.05, 0.1) is 29.0 Å². The van der Waals surface area contributed by atoms with E-state index in [9.17, 15) is 9.50 Å². The number of anilines is 1. The third-order valence-corrected chi connectivity index (χ3v) is 9.94. The van der Waals surface area contributed by atoms with Crippen molar-refractivity contribution >= 4 is 17.4 Å². The number of aromatic nitrogens is 2. The third-order valence-electron chi connectivity index (χ3n) is 9.59. The standard InChI is InChI=1S/C29H36ClFN4O3/c1-27(36)8-3-11-34(17-27)25-21-16-38-29(10-7-20-22(29)5-2-6-23(20)30)14-24(21)32-26(33-25)37-18-28-9-4-12-35(28)15-19(31)13-28/h2,5-6,19,36H,3-4,7-18H2,1H3/t19-,27-,28+,29?/m1/s1. The number of β-amino-alcohol motifs (C(OH)–C–C–N with tert-alkyl or cyclic N) is 1. The first-order valence-corrected chi connectivity index (χ1v) is 14.4. The fraction of sp³-hybridized carbons (Fsp3) is 0.655. The zero-order chi connectivity index (χ0) is 26.1. The van der Waals surface area contributed by atoms with E-state index in [0.29, 0.717) is 45.2 Å². The minimum absolute atomic E-state index is 0.265. The molecule has 0 saturated carbocycles. The van der Waals surface area contributed by atoms with Gasteiger partial charge in [0, 0.05) is 43.1 Å². The molecule has 7 nitrogen and oxygen atoms in total. The molecule has 0 amide bonds. The number of rotatable bonds is 4. The molecule has 1 unspecified atom stereocenters. The van der Waals surface area contributed by atoms with Gasteiger partial charge in [-0.25, -0.2) is 4.39 Å². The molecular formula is C29H36ClFN4O3. The van der Waals surface area contributed by atoms with E-state index in [2.05, 4.69) is 15.9 Å². The summed E-state index contributed by atoms with van der Waals surface area (Å²) in [5, 5.41) is 11.6. The Morgan fingerprint density at radius 3 is 2.92 bits per heavy atom. The molecule has 9 heteroatoms. The molecule has 1 aromatic carbocycles. The topological polar surface area (TPSA) is 71.0 Å². The van der Waals surface area contributed by atoms with E-state index < -0.39 is 17.4 Å². The van der Waals surface area contributed by atoms with Crippen LogP contribution in [0.3, 0.4) is 0 Å². The van der Waals surface area contributed by atoms with Gasteiger partial charge in [0.2, 0.25) is 0 Å². The van der Waals surface area contributed by atoms with Crippen LogP contribution in [0.4, 0.5) is 10.2 Å². The summed E-state index contributed by atoms with van der Waals surface area (Å²) in [6, 6.07) is 6.41. The minimum Gasteiger partial charge on any atom is -0.461 e. The first kappa shape index (κ1) is 25.0. The molecule has 5 heterocycles. The summed E-state index contributed by atoms with van der Waals surface area (Å²) in [6.45, 7) is 5.40. The molecule has 7 rings (SSSR count). The van der Waals surface area contributed by atoms with Gasteiger partial charge in [0.1, 0.15) is 18.6 Å². The molecule has 3 saturated heterocycles. The number of halogens is 2. The van der Waals surface area contributed by atoms with E-state index in [0.717, 1.165) is 84.8 Å². The van der Waals surface area contributed by atoms with Crippen LogP contribution in [0, 0.1) is 0 Å². The maximum Gasteiger partial charge on any atom is 0.318 e. The summed E-state index contributed by atoms with van der Waals surface area (Å²) < 4.78 is 27.4. The van der Waals surface area contributed by atoms with Gasteiger partial charge < -0.3 is 19.5 Å². The van der Waals surface area contributed by atoms with Gasteiger partial charge in [-0.05, 0) is 69.2 Å². The maximum atomic E-state index is 14.4. The highest BCUT2D eigenvalue weighted by molar-refractivity contribution is 6.31. The smallest absolute Gasteiger partial charge is 0.318 e. The summed E-state index contributed by atoms with van der Waals surface area (Å²) in [5.41, 5.74) is 2.72. The van der Waals surface area contributed by atoms with Crippen LogP contribution in [0.1, 0.15) is 67.8 Å². The lowest BCUT2D eigenvalue weighted by Crippen LogP contribution is -2.47. The van der Waals surface area contributed by atoms with E-state index in [1.165, 1.54) is 0 Å². The first-order chi connectivity index (χ1) is 18.3. The van der Waals surface area contributed by atoms with Crippen molar-refractivity contribution < 1.29 is 19.0 Å².